The number of rotatable bonds is 2. The molecule has 0 saturated heterocycles. The summed E-state index contributed by atoms with van der Waals surface area (Å²) in [6.45, 7) is 4.34. The van der Waals surface area contributed by atoms with Gasteiger partial charge in [0.1, 0.15) is 5.78 Å². The van der Waals surface area contributed by atoms with Gasteiger partial charge in [-0.15, -0.1) is 0 Å². The molecule has 76 valence electrons. The van der Waals surface area contributed by atoms with E-state index < -0.39 is 0 Å². The molecule has 2 nitrogen and oxygen atoms in total. The molecule has 1 aliphatic heterocycles. The van der Waals surface area contributed by atoms with Crippen LogP contribution in [0.15, 0.2) is 16.8 Å². The Bertz CT molecular complexity index is 306. The van der Waals surface area contributed by atoms with Crippen LogP contribution in [0, 0.1) is 11.8 Å². The van der Waals surface area contributed by atoms with Gasteiger partial charge in [0.05, 0.1) is 0 Å². The van der Waals surface area contributed by atoms with Crippen LogP contribution in [0.1, 0.15) is 39.5 Å². The predicted octanol–water partition coefficient (Wildman–Crippen LogP) is 2.74. The van der Waals surface area contributed by atoms with Gasteiger partial charge in [-0.2, -0.15) is 0 Å². The fourth-order valence-electron chi connectivity index (χ4n) is 2.14. The van der Waals surface area contributed by atoms with Gasteiger partial charge in [0.2, 0.25) is 0 Å². The third-order valence-electron chi connectivity index (χ3n) is 3.44. The highest BCUT2D eigenvalue weighted by molar-refractivity contribution is 5.92. The lowest BCUT2D eigenvalue weighted by Crippen LogP contribution is -2.33. The molecule has 2 rings (SSSR count). The smallest absolute Gasteiger partial charge is 0.133 e. The minimum absolute atomic E-state index is 0.421. The molecule has 0 bridgehead atoms. The first kappa shape index (κ1) is 9.63. The summed E-state index contributed by atoms with van der Waals surface area (Å²) >= 11 is 0. The molecular weight excluding hydrogens is 174 g/mol. The maximum atomic E-state index is 10.9. The van der Waals surface area contributed by atoms with Crippen LogP contribution in [0.4, 0.5) is 0 Å². The lowest BCUT2D eigenvalue weighted by molar-refractivity contribution is -0.127. The van der Waals surface area contributed by atoms with Crippen LogP contribution in [0.2, 0.25) is 0 Å². The average molecular weight is 191 g/mol. The SMILES string of the molecule is CC1=CN=C(C(C)C2CC(=O)C2)CC1. The molecule has 0 aromatic heterocycles. The Morgan fingerprint density at radius 3 is 2.64 bits per heavy atom. The maximum Gasteiger partial charge on any atom is 0.133 e. The van der Waals surface area contributed by atoms with Gasteiger partial charge >= 0.3 is 0 Å². The van der Waals surface area contributed by atoms with Crippen molar-refractivity contribution in [1.29, 1.82) is 0 Å². The van der Waals surface area contributed by atoms with Crippen LogP contribution in [0.25, 0.3) is 0 Å². The predicted molar refractivity (Wildman–Crippen MR) is 57.3 cm³/mol. The number of hydrogen-bond acceptors (Lipinski definition) is 2. The topological polar surface area (TPSA) is 29.4 Å². The van der Waals surface area contributed by atoms with Crippen LogP contribution >= 0.6 is 0 Å². The summed E-state index contributed by atoms with van der Waals surface area (Å²) in [5.74, 6) is 1.51. The van der Waals surface area contributed by atoms with Gasteiger partial charge in [-0.1, -0.05) is 12.5 Å². The Hall–Kier alpha value is -0.920. The molecule has 1 heterocycles. The second-order valence-corrected chi connectivity index (χ2v) is 4.59. The average Bonchev–Trinajstić information content (AvgIpc) is 2.13. The molecule has 0 amide bonds. The summed E-state index contributed by atoms with van der Waals surface area (Å²) in [4.78, 5) is 15.4. The molecule has 2 heteroatoms. The number of hydrogen-bond donors (Lipinski definition) is 0. The van der Waals surface area contributed by atoms with E-state index in [1.807, 2.05) is 6.20 Å². The Morgan fingerprint density at radius 1 is 1.43 bits per heavy atom. The van der Waals surface area contributed by atoms with E-state index in [0.717, 1.165) is 25.7 Å². The van der Waals surface area contributed by atoms with Crippen LogP contribution in [-0.4, -0.2) is 11.5 Å². The van der Waals surface area contributed by atoms with Crippen molar-refractivity contribution in [3.63, 3.8) is 0 Å². The lowest BCUT2D eigenvalue weighted by atomic mass is 9.73. The van der Waals surface area contributed by atoms with Crippen molar-refractivity contribution in [2.24, 2.45) is 16.8 Å². The molecule has 0 spiro atoms. The standard InChI is InChI=1S/C12H17NO/c1-8-3-4-12(13-7-8)9(2)10-5-11(14)6-10/h7,9-10H,3-6H2,1-2H3. The van der Waals surface area contributed by atoms with E-state index in [2.05, 4.69) is 18.8 Å². The van der Waals surface area contributed by atoms with Gasteiger partial charge in [-0.3, -0.25) is 9.79 Å². The highest BCUT2D eigenvalue weighted by Gasteiger charge is 2.33. The zero-order chi connectivity index (χ0) is 10.1. The number of nitrogens with zero attached hydrogens (tertiary/aromatic N) is 1. The lowest BCUT2D eigenvalue weighted by Gasteiger charge is -2.31. The van der Waals surface area contributed by atoms with Crippen molar-refractivity contribution in [2.45, 2.75) is 39.5 Å². The van der Waals surface area contributed by atoms with Crippen LogP contribution in [0.5, 0.6) is 0 Å². The summed E-state index contributed by atoms with van der Waals surface area (Å²) in [7, 11) is 0. The normalized spacial score (nSPS) is 25.1. The Balaban J connectivity index is 1.98. The number of Topliss-reactive ketones (excluding diaryl/α,β-unsaturated/α-hetero) is 1. The molecular formula is C12H17NO. The monoisotopic (exact) mass is 191 g/mol. The van der Waals surface area contributed by atoms with E-state index in [0.29, 0.717) is 17.6 Å². The molecule has 1 aliphatic carbocycles. The van der Waals surface area contributed by atoms with Crippen molar-refractivity contribution in [1.82, 2.24) is 0 Å². The summed E-state index contributed by atoms with van der Waals surface area (Å²) in [5.41, 5.74) is 2.67. The Kier molecular flexibility index (Phi) is 2.53. The first-order valence-corrected chi connectivity index (χ1v) is 5.40. The van der Waals surface area contributed by atoms with E-state index in [1.54, 1.807) is 0 Å². The van der Waals surface area contributed by atoms with E-state index in [-0.39, 0.29) is 0 Å². The van der Waals surface area contributed by atoms with Crippen LogP contribution in [0.3, 0.4) is 0 Å². The van der Waals surface area contributed by atoms with Gasteiger partial charge < -0.3 is 0 Å². The number of carbonyl (C=O) groups excluding carboxylic acids is 1. The molecule has 2 aliphatic rings. The van der Waals surface area contributed by atoms with E-state index >= 15 is 0 Å². The fraction of sp³-hybridized carbons (Fsp3) is 0.667. The molecule has 0 aromatic carbocycles. The van der Waals surface area contributed by atoms with E-state index in [1.165, 1.54) is 11.3 Å². The van der Waals surface area contributed by atoms with Crippen molar-refractivity contribution in [2.75, 3.05) is 0 Å². The first-order chi connectivity index (χ1) is 6.66. The quantitative estimate of drug-likeness (QED) is 0.660. The third-order valence-corrected chi connectivity index (χ3v) is 3.44. The minimum Gasteiger partial charge on any atom is -0.300 e. The largest absolute Gasteiger partial charge is 0.300 e. The van der Waals surface area contributed by atoms with Crippen LogP contribution < -0.4 is 0 Å². The third kappa shape index (κ3) is 1.79. The second kappa shape index (κ2) is 3.68. The zero-order valence-electron chi connectivity index (χ0n) is 8.92. The molecule has 1 saturated carbocycles. The van der Waals surface area contributed by atoms with Gasteiger partial charge in [-0.05, 0) is 31.6 Å². The molecule has 0 aromatic rings. The number of ketones is 1. The minimum atomic E-state index is 0.421. The van der Waals surface area contributed by atoms with E-state index in [9.17, 15) is 4.79 Å². The van der Waals surface area contributed by atoms with Gasteiger partial charge in [0.15, 0.2) is 0 Å². The Morgan fingerprint density at radius 2 is 2.14 bits per heavy atom. The highest BCUT2D eigenvalue weighted by Crippen LogP contribution is 2.33. The highest BCUT2D eigenvalue weighted by atomic mass is 16.1. The van der Waals surface area contributed by atoms with Crippen LogP contribution in [-0.2, 0) is 4.79 Å². The first-order valence-electron chi connectivity index (χ1n) is 5.40. The second-order valence-electron chi connectivity index (χ2n) is 4.59. The Labute approximate surface area is 85.1 Å². The number of aliphatic imine (C=N–C) groups is 1. The van der Waals surface area contributed by atoms with Gasteiger partial charge in [-0.25, -0.2) is 0 Å². The van der Waals surface area contributed by atoms with Crippen molar-refractivity contribution in [3.05, 3.63) is 11.8 Å². The zero-order valence-corrected chi connectivity index (χ0v) is 8.92. The van der Waals surface area contributed by atoms with E-state index in [4.69, 9.17) is 0 Å². The molecule has 0 radical (unpaired) electrons. The summed E-state index contributed by atoms with van der Waals surface area (Å²) in [6.07, 6.45) is 5.78. The fourth-order valence-corrected chi connectivity index (χ4v) is 2.14. The molecule has 1 unspecified atom stereocenters. The molecule has 1 atom stereocenters. The molecule has 14 heavy (non-hydrogen) atoms. The van der Waals surface area contributed by atoms with Crippen molar-refractivity contribution < 1.29 is 4.79 Å². The number of allylic oxidation sites excluding steroid dienone is 1. The summed E-state index contributed by atoms with van der Waals surface area (Å²) in [5, 5.41) is 0. The van der Waals surface area contributed by atoms with Gasteiger partial charge in [0, 0.05) is 24.8 Å². The molecule has 1 fully saturated rings. The number of carbonyl (C=O) groups is 1. The molecule has 0 N–H and O–H groups in total. The maximum absolute atomic E-state index is 10.9. The van der Waals surface area contributed by atoms with Crippen molar-refractivity contribution in [3.8, 4) is 0 Å². The summed E-state index contributed by atoms with van der Waals surface area (Å²) < 4.78 is 0. The summed E-state index contributed by atoms with van der Waals surface area (Å²) in [6, 6.07) is 0. The van der Waals surface area contributed by atoms with Crippen molar-refractivity contribution >= 4 is 11.5 Å². The van der Waals surface area contributed by atoms with Gasteiger partial charge in [0.25, 0.3) is 0 Å².